The van der Waals surface area contributed by atoms with E-state index >= 15 is 0 Å². The summed E-state index contributed by atoms with van der Waals surface area (Å²) in [6.07, 6.45) is 0. The zero-order valence-electron chi connectivity index (χ0n) is 7.84. The molecule has 0 aliphatic heterocycles. The van der Waals surface area contributed by atoms with Crippen LogP contribution in [0.4, 0.5) is 4.39 Å². The molecule has 76 valence electrons. The maximum atomic E-state index is 13.5. The molecule has 0 aliphatic rings. The minimum absolute atomic E-state index is 0.0260. The molecule has 0 heterocycles. The fourth-order valence-electron chi connectivity index (χ4n) is 1.32. The van der Waals surface area contributed by atoms with Gasteiger partial charge in [0.1, 0.15) is 5.82 Å². The van der Waals surface area contributed by atoms with Crippen LogP contribution in [0.25, 0.3) is 0 Å². The van der Waals surface area contributed by atoms with Crippen molar-refractivity contribution in [3.8, 4) is 0 Å². The fourth-order valence-corrected chi connectivity index (χ4v) is 1.48. The summed E-state index contributed by atoms with van der Waals surface area (Å²) in [6.45, 7) is 3.45. The van der Waals surface area contributed by atoms with Gasteiger partial charge in [0.15, 0.2) is 0 Å². The van der Waals surface area contributed by atoms with E-state index in [1.807, 2.05) is 0 Å². The number of carboxylic acids is 1. The molecule has 0 unspecified atom stereocenters. The highest BCUT2D eigenvalue weighted by molar-refractivity contribution is 6.30. The molecule has 2 nitrogen and oxygen atoms in total. The Labute approximate surface area is 86.3 Å². The van der Waals surface area contributed by atoms with Crippen LogP contribution in [0.3, 0.4) is 0 Å². The topological polar surface area (TPSA) is 37.3 Å². The third kappa shape index (κ3) is 1.87. The van der Waals surface area contributed by atoms with Gasteiger partial charge in [0.05, 0.1) is 10.6 Å². The van der Waals surface area contributed by atoms with Crippen molar-refractivity contribution in [1.82, 2.24) is 0 Å². The number of carbonyl (C=O) groups is 1. The largest absolute Gasteiger partial charge is 0.478 e. The van der Waals surface area contributed by atoms with Crippen LogP contribution >= 0.6 is 11.6 Å². The summed E-state index contributed by atoms with van der Waals surface area (Å²) in [7, 11) is 0. The number of carboxylic acid groups (broad SMARTS) is 1. The molecular weight excluding hydrogens is 207 g/mol. The van der Waals surface area contributed by atoms with Crippen molar-refractivity contribution in [1.29, 1.82) is 0 Å². The van der Waals surface area contributed by atoms with E-state index in [0.717, 1.165) is 0 Å². The summed E-state index contributed by atoms with van der Waals surface area (Å²) < 4.78 is 13.5. The van der Waals surface area contributed by atoms with Gasteiger partial charge in [-0.15, -0.1) is 0 Å². The zero-order chi connectivity index (χ0) is 10.9. The Bertz CT molecular complexity index is 375. The van der Waals surface area contributed by atoms with Crippen molar-refractivity contribution in [3.63, 3.8) is 0 Å². The summed E-state index contributed by atoms with van der Waals surface area (Å²) in [5.41, 5.74) is 0.131. The number of halogens is 2. The number of aromatic carboxylic acids is 1. The molecule has 4 heteroatoms. The Hall–Kier alpha value is -1.09. The van der Waals surface area contributed by atoms with E-state index in [4.69, 9.17) is 16.7 Å². The zero-order valence-corrected chi connectivity index (χ0v) is 8.60. The highest BCUT2D eigenvalue weighted by atomic mass is 35.5. The van der Waals surface area contributed by atoms with E-state index in [9.17, 15) is 9.18 Å². The second-order valence-electron chi connectivity index (χ2n) is 3.28. The van der Waals surface area contributed by atoms with Crippen molar-refractivity contribution in [3.05, 3.63) is 34.1 Å². The van der Waals surface area contributed by atoms with Crippen LogP contribution in [0, 0.1) is 5.82 Å². The third-order valence-electron chi connectivity index (χ3n) is 1.94. The standard InChI is InChI=1S/C10H10ClFO2/c1-5(2)8-6(10(13)14)3-4-7(11)9(8)12/h3-5H,1-2H3,(H,13,14). The van der Waals surface area contributed by atoms with Crippen molar-refractivity contribution < 1.29 is 14.3 Å². The predicted octanol–water partition coefficient (Wildman–Crippen LogP) is 3.30. The van der Waals surface area contributed by atoms with Gasteiger partial charge in [0, 0.05) is 5.56 Å². The normalized spacial score (nSPS) is 10.6. The molecule has 14 heavy (non-hydrogen) atoms. The van der Waals surface area contributed by atoms with E-state index in [2.05, 4.69) is 0 Å². The SMILES string of the molecule is CC(C)c1c(C(=O)O)ccc(Cl)c1F. The van der Waals surface area contributed by atoms with Crippen LogP contribution < -0.4 is 0 Å². The Morgan fingerprint density at radius 2 is 2.07 bits per heavy atom. The number of hydrogen-bond acceptors (Lipinski definition) is 1. The molecule has 1 aromatic rings. The molecule has 1 rings (SSSR count). The van der Waals surface area contributed by atoms with Crippen LogP contribution in [-0.2, 0) is 0 Å². The van der Waals surface area contributed by atoms with Gasteiger partial charge in [0.25, 0.3) is 0 Å². The summed E-state index contributed by atoms with van der Waals surface area (Å²) in [5.74, 6) is -1.98. The first-order valence-electron chi connectivity index (χ1n) is 4.16. The minimum atomic E-state index is -1.13. The fraction of sp³-hybridized carbons (Fsp3) is 0.300. The van der Waals surface area contributed by atoms with Gasteiger partial charge < -0.3 is 5.11 Å². The molecule has 0 aromatic heterocycles. The first kappa shape index (κ1) is 11.0. The molecule has 0 amide bonds. The predicted molar refractivity (Wildman–Crippen MR) is 52.5 cm³/mol. The van der Waals surface area contributed by atoms with E-state index in [1.165, 1.54) is 12.1 Å². The lowest BCUT2D eigenvalue weighted by molar-refractivity contribution is 0.0694. The van der Waals surface area contributed by atoms with Crippen molar-refractivity contribution in [2.24, 2.45) is 0 Å². The van der Waals surface area contributed by atoms with Crippen LogP contribution in [0.1, 0.15) is 35.7 Å². The Balaban J connectivity index is 3.45. The average molecular weight is 217 g/mol. The average Bonchev–Trinajstić information content (AvgIpc) is 2.08. The molecule has 0 fully saturated rings. The van der Waals surface area contributed by atoms with E-state index in [-0.39, 0.29) is 22.1 Å². The summed E-state index contributed by atoms with van der Waals surface area (Å²) >= 11 is 5.57. The summed E-state index contributed by atoms with van der Waals surface area (Å²) in [6, 6.07) is 2.58. The van der Waals surface area contributed by atoms with Crippen LogP contribution in [0.5, 0.6) is 0 Å². The molecule has 1 N–H and O–H groups in total. The highest BCUT2D eigenvalue weighted by Crippen LogP contribution is 2.28. The first-order chi connectivity index (χ1) is 6.45. The number of hydrogen-bond donors (Lipinski definition) is 1. The van der Waals surface area contributed by atoms with E-state index in [0.29, 0.717) is 0 Å². The van der Waals surface area contributed by atoms with Gasteiger partial charge in [-0.2, -0.15) is 0 Å². The molecular formula is C10H10ClFO2. The molecule has 0 saturated carbocycles. The lowest BCUT2D eigenvalue weighted by Crippen LogP contribution is -2.06. The van der Waals surface area contributed by atoms with Gasteiger partial charge in [-0.05, 0) is 18.1 Å². The molecule has 0 spiro atoms. The Morgan fingerprint density at radius 1 is 1.50 bits per heavy atom. The lowest BCUT2D eigenvalue weighted by atomic mass is 9.96. The summed E-state index contributed by atoms with van der Waals surface area (Å²) in [4.78, 5) is 10.8. The van der Waals surface area contributed by atoms with Crippen LogP contribution in [-0.4, -0.2) is 11.1 Å². The van der Waals surface area contributed by atoms with Crippen LogP contribution in [0.2, 0.25) is 5.02 Å². The Morgan fingerprint density at radius 3 is 2.50 bits per heavy atom. The van der Waals surface area contributed by atoms with Crippen LogP contribution in [0.15, 0.2) is 12.1 Å². The van der Waals surface area contributed by atoms with E-state index < -0.39 is 11.8 Å². The number of benzene rings is 1. The smallest absolute Gasteiger partial charge is 0.336 e. The molecule has 1 aromatic carbocycles. The summed E-state index contributed by atoms with van der Waals surface area (Å²) in [5, 5.41) is 8.78. The first-order valence-corrected chi connectivity index (χ1v) is 4.54. The minimum Gasteiger partial charge on any atom is -0.478 e. The van der Waals surface area contributed by atoms with Gasteiger partial charge in [-0.3, -0.25) is 0 Å². The Kier molecular flexibility index (Phi) is 3.11. The lowest BCUT2D eigenvalue weighted by Gasteiger charge is -2.11. The van der Waals surface area contributed by atoms with Crippen molar-refractivity contribution >= 4 is 17.6 Å². The quantitative estimate of drug-likeness (QED) is 0.824. The molecule has 0 bridgehead atoms. The van der Waals surface area contributed by atoms with Gasteiger partial charge in [-0.1, -0.05) is 25.4 Å². The second-order valence-corrected chi connectivity index (χ2v) is 3.69. The van der Waals surface area contributed by atoms with Crippen molar-refractivity contribution in [2.75, 3.05) is 0 Å². The molecule has 0 aliphatic carbocycles. The highest BCUT2D eigenvalue weighted by Gasteiger charge is 2.19. The number of rotatable bonds is 2. The van der Waals surface area contributed by atoms with Gasteiger partial charge in [0.2, 0.25) is 0 Å². The van der Waals surface area contributed by atoms with Gasteiger partial charge in [-0.25, -0.2) is 9.18 Å². The molecule has 0 radical (unpaired) electrons. The van der Waals surface area contributed by atoms with Gasteiger partial charge >= 0.3 is 5.97 Å². The third-order valence-corrected chi connectivity index (χ3v) is 2.23. The maximum absolute atomic E-state index is 13.5. The molecule has 0 atom stereocenters. The molecule has 0 saturated heterocycles. The van der Waals surface area contributed by atoms with E-state index in [1.54, 1.807) is 13.8 Å². The van der Waals surface area contributed by atoms with Crippen molar-refractivity contribution in [2.45, 2.75) is 19.8 Å². The maximum Gasteiger partial charge on any atom is 0.336 e. The monoisotopic (exact) mass is 216 g/mol. The second kappa shape index (κ2) is 3.96.